The Hall–Kier alpha value is -0.650. The topological polar surface area (TPSA) is 59.0 Å². The number of ether oxygens (including phenoxy) is 2. The van der Waals surface area contributed by atoms with Crippen LogP contribution in [0.5, 0.6) is 0 Å². The molecule has 86 valence electrons. The molecule has 2 atom stereocenters. The molecule has 15 heavy (non-hydrogen) atoms. The molecular formula is C10H17NO4. The molecule has 5 heteroatoms. The predicted molar refractivity (Wildman–Crippen MR) is 52.8 cm³/mol. The lowest BCUT2D eigenvalue weighted by molar-refractivity contribution is -0.159. The van der Waals surface area contributed by atoms with Crippen molar-refractivity contribution >= 4 is 5.97 Å². The molecule has 0 aromatic carbocycles. The van der Waals surface area contributed by atoms with E-state index < -0.39 is 11.5 Å². The predicted octanol–water partition coefficient (Wildman–Crippen LogP) is -0.0492. The first-order chi connectivity index (χ1) is 7.18. The van der Waals surface area contributed by atoms with E-state index >= 15 is 0 Å². The van der Waals surface area contributed by atoms with Crippen LogP contribution in [0, 0.1) is 0 Å². The van der Waals surface area contributed by atoms with Crippen molar-refractivity contribution in [3.05, 3.63) is 0 Å². The highest BCUT2D eigenvalue weighted by atomic mass is 16.5. The van der Waals surface area contributed by atoms with Gasteiger partial charge in [0.1, 0.15) is 5.54 Å². The van der Waals surface area contributed by atoms with Gasteiger partial charge in [-0.2, -0.15) is 0 Å². The van der Waals surface area contributed by atoms with E-state index in [1.807, 2.05) is 11.8 Å². The quantitative estimate of drug-likeness (QED) is 0.700. The highest BCUT2D eigenvalue weighted by Gasteiger charge is 2.52. The summed E-state index contributed by atoms with van der Waals surface area (Å²) >= 11 is 0. The van der Waals surface area contributed by atoms with Crippen LogP contribution in [0.4, 0.5) is 0 Å². The maximum absolute atomic E-state index is 11.5. The fraction of sp³-hybridized carbons (Fsp3) is 0.900. The molecule has 0 amide bonds. The normalized spacial score (nSPS) is 38.1. The summed E-state index contributed by atoms with van der Waals surface area (Å²) in [6.45, 7) is 4.96. The van der Waals surface area contributed by atoms with Crippen molar-refractivity contribution in [2.75, 3.05) is 32.9 Å². The van der Waals surface area contributed by atoms with Crippen LogP contribution in [0.1, 0.15) is 13.3 Å². The molecule has 0 saturated carbocycles. The molecule has 2 saturated heterocycles. The second-order valence-corrected chi connectivity index (χ2v) is 4.09. The number of carbonyl (C=O) groups is 1. The number of aliphatic carboxylic acids is 1. The molecule has 2 rings (SSSR count). The van der Waals surface area contributed by atoms with E-state index in [1.54, 1.807) is 0 Å². The van der Waals surface area contributed by atoms with Crippen molar-refractivity contribution in [3.8, 4) is 0 Å². The van der Waals surface area contributed by atoms with Gasteiger partial charge in [0.15, 0.2) is 0 Å². The van der Waals surface area contributed by atoms with Gasteiger partial charge in [-0.15, -0.1) is 0 Å². The Morgan fingerprint density at radius 1 is 1.40 bits per heavy atom. The van der Waals surface area contributed by atoms with E-state index in [1.165, 1.54) is 0 Å². The number of nitrogens with zero attached hydrogens (tertiary/aromatic N) is 1. The zero-order valence-corrected chi connectivity index (χ0v) is 8.94. The molecule has 2 aliphatic rings. The molecule has 0 spiro atoms. The van der Waals surface area contributed by atoms with Gasteiger partial charge < -0.3 is 14.6 Å². The van der Waals surface area contributed by atoms with Gasteiger partial charge in [0.2, 0.25) is 0 Å². The maximum Gasteiger partial charge on any atom is 0.326 e. The molecule has 0 aromatic rings. The third kappa shape index (κ3) is 1.64. The fourth-order valence-electron chi connectivity index (χ4n) is 2.53. The lowest BCUT2D eigenvalue weighted by Crippen LogP contribution is -2.61. The number of morpholine rings is 1. The smallest absolute Gasteiger partial charge is 0.326 e. The first-order valence-electron chi connectivity index (χ1n) is 5.36. The number of hydrogen-bond donors (Lipinski definition) is 1. The third-order valence-electron chi connectivity index (χ3n) is 3.47. The highest BCUT2D eigenvalue weighted by molar-refractivity contribution is 5.80. The summed E-state index contributed by atoms with van der Waals surface area (Å²) in [4.78, 5) is 13.5. The van der Waals surface area contributed by atoms with E-state index in [0.29, 0.717) is 39.3 Å². The first-order valence-corrected chi connectivity index (χ1v) is 5.36. The third-order valence-corrected chi connectivity index (χ3v) is 3.47. The Morgan fingerprint density at radius 3 is 2.53 bits per heavy atom. The van der Waals surface area contributed by atoms with Gasteiger partial charge in [-0.25, -0.2) is 0 Å². The molecule has 1 N–H and O–H groups in total. The zero-order valence-electron chi connectivity index (χ0n) is 8.94. The van der Waals surface area contributed by atoms with Gasteiger partial charge >= 0.3 is 5.97 Å². The van der Waals surface area contributed by atoms with Gasteiger partial charge in [-0.3, -0.25) is 9.69 Å². The summed E-state index contributed by atoms with van der Waals surface area (Å²) < 4.78 is 10.7. The van der Waals surface area contributed by atoms with Gasteiger partial charge in [0.05, 0.1) is 19.3 Å². The number of rotatable bonds is 2. The van der Waals surface area contributed by atoms with Crippen molar-refractivity contribution in [2.24, 2.45) is 0 Å². The molecular weight excluding hydrogens is 198 g/mol. The summed E-state index contributed by atoms with van der Waals surface area (Å²) in [5.74, 6) is -0.769. The zero-order chi connectivity index (χ0) is 10.9. The van der Waals surface area contributed by atoms with Gasteiger partial charge in [0, 0.05) is 26.1 Å². The summed E-state index contributed by atoms with van der Waals surface area (Å²) in [5.41, 5.74) is -0.830. The van der Waals surface area contributed by atoms with Crippen molar-refractivity contribution in [1.29, 1.82) is 0 Å². The van der Waals surface area contributed by atoms with Crippen LogP contribution in [0.15, 0.2) is 0 Å². The number of hydrogen-bond acceptors (Lipinski definition) is 4. The molecule has 2 aliphatic heterocycles. The standard InChI is InChI=1S/C10H17NO4/c1-8-10(9(12)13,2-5-15-8)11-3-6-14-7-4-11/h8H,2-7H2,1H3,(H,12,13). The molecule has 0 bridgehead atoms. The van der Waals surface area contributed by atoms with Crippen molar-refractivity contribution in [3.63, 3.8) is 0 Å². The molecule has 0 aromatic heterocycles. The minimum atomic E-state index is -0.830. The number of carboxylic acids is 1. The minimum Gasteiger partial charge on any atom is -0.480 e. The largest absolute Gasteiger partial charge is 0.480 e. The summed E-state index contributed by atoms with van der Waals surface area (Å²) in [6.07, 6.45) is 0.330. The molecule has 2 unspecified atom stereocenters. The van der Waals surface area contributed by atoms with Crippen LogP contribution in [0.3, 0.4) is 0 Å². The van der Waals surface area contributed by atoms with Gasteiger partial charge in [-0.1, -0.05) is 0 Å². The molecule has 2 fully saturated rings. The Kier molecular flexibility index (Phi) is 2.95. The van der Waals surface area contributed by atoms with Crippen LogP contribution in [0.25, 0.3) is 0 Å². The fourth-order valence-corrected chi connectivity index (χ4v) is 2.53. The first kappa shape index (κ1) is 10.9. The van der Waals surface area contributed by atoms with E-state index in [9.17, 15) is 9.90 Å². The van der Waals surface area contributed by atoms with E-state index in [0.717, 1.165) is 0 Å². The monoisotopic (exact) mass is 215 g/mol. The lowest BCUT2D eigenvalue weighted by Gasteiger charge is -2.41. The molecule has 5 nitrogen and oxygen atoms in total. The minimum absolute atomic E-state index is 0.243. The van der Waals surface area contributed by atoms with Crippen LogP contribution < -0.4 is 0 Å². The Morgan fingerprint density at radius 2 is 2.07 bits per heavy atom. The van der Waals surface area contributed by atoms with Crippen LogP contribution in [0.2, 0.25) is 0 Å². The summed E-state index contributed by atoms with van der Waals surface area (Å²) in [6, 6.07) is 0. The second-order valence-electron chi connectivity index (χ2n) is 4.09. The Labute approximate surface area is 89.0 Å². The molecule has 0 radical (unpaired) electrons. The van der Waals surface area contributed by atoms with Gasteiger partial charge in [0.25, 0.3) is 0 Å². The van der Waals surface area contributed by atoms with Crippen molar-refractivity contribution in [1.82, 2.24) is 4.90 Å². The van der Waals surface area contributed by atoms with Gasteiger partial charge in [-0.05, 0) is 6.92 Å². The average Bonchev–Trinajstić information content (AvgIpc) is 2.62. The second kappa shape index (κ2) is 4.08. The molecule has 0 aliphatic carbocycles. The van der Waals surface area contributed by atoms with Crippen LogP contribution >= 0.6 is 0 Å². The maximum atomic E-state index is 11.5. The SMILES string of the molecule is CC1OCCC1(C(=O)O)N1CCOCC1. The van der Waals surface area contributed by atoms with E-state index in [-0.39, 0.29) is 6.10 Å². The van der Waals surface area contributed by atoms with Crippen molar-refractivity contribution < 1.29 is 19.4 Å². The molecule has 2 heterocycles. The van der Waals surface area contributed by atoms with Crippen LogP contribution in [-0.4, -0.2) is 60.5 Å². The average molecular weight is 215 g/mol. The van der Waals surface area contributed by atoms with E-state index in [4.69, 9.17) is 9.47 Å². The Balaban J connectivity index is 2.21. The summed E-state index contributed by atoms with van der Waals surface area (Å²) in [7, 11) is 0. The van der Waals surface area contributed by atoms with Crippen LogP contribution in [-0.2, 0) is 14.3 Å². The summed E-state index contributed by atoms with van der Waals surface area (Å²) in [5, 5.41) is 9.42. The highest BCUT2D eigenvalue weighted by Crippen LogP contribution is 2.33. The Bertz CT molecular complexity index is 252. The lowest BCUT2D eigenvalue weighted by atomic mass is 9.89. The van der Waals surface area contributed by atoms with Crippen molar-refractivity contribution in [2.45, 2.75) is 25.0 Å². The number of carboxylic acid groups (broad SMARTS) is 1. The van der Waals surface area contributed by atoms with E-state index in [2.05, 4.69) is 0 Å².